The van der Waals surface area contributed by atoms with Gasteiger partial charge in [-0.1, -0.05) is 20.8 Å². The third-order valence-corrected chi connectivity index (χ3v) is 4.05. The van der Waals surface area contributed by atoms with Gasteiger partial charge in [-0.15, -0.1) is 0 Å². The van der Waals surface area contributed by atoms with Gasteiger partial charge in [0.15, 0.2) is 0 Å². The Hall–Kier alpha value is -0.530. The molecule has 2 heteroatoms. The van der Waals surface area contributed by atoms with E-state index in [0.717, 1.165) is 19.3 Å². The van der Waals surface area contributed by atoms with Gasteiger partial charge in [0.25, 0.3) is 0 Å². The Morgan fingerprint density at radius 3 is 1.64 bits per heavy atom. The van der Waals surface area contributed by atoms with Crippen LogP contribution in [-0.2, 0) is 9.53 Å². The van der Waals surface area contributed by atoms with Gasteiger partial charge in [0.2, 0.25) is 0 Å². The van der Waals surface area contributed by atoms with E-state index < -0.39 is 0 Å². The van der Waals surface area contributed by atoms with Crippen LogP contribution >= 0.6 is 0 Å². The van der Waals surface area contributed by atoms with Crippen LogP contribution in [0.25, 0.3) is 0 Å². The zero-order valence-electron chi connectivity index (χ0n) is 10.4. The molecule has 0 spiro atoms. The average Bonchev–Trinajstić information content (AvgIpc) is 2.19. The van der Waals surface area contributed by atoms with Crippen molar-refractivity contribution in [3.05, 3.63) is 0 Å². The second-order valence-corrected chi connectivity index (χ2v) is 4.46. The monoisotopic (exact) mass is 200 g/mol. The minimum atomic E-state index is -0.389. The van der Waals surface area contributed by atoms with Crippen molar-refractivity contribution in [2.24, 2.45) is 10.8 Å². The van der Waals surface area contributed by atoms with Gasteiger partial charge >= 0.3 is 5.97 Å². The first-order valence-corrected chi connectivity index (χ1v) is 5.50. The fourth-order valence-corrected chi connectivity index (χ4v) is 2.55. The number of hydrogen-bond acceptors (Lipinski definition) is 2. The molecule has 0 N–H and O–H groups in total. The number of carbonyl (C=O) groups excluding carboxylic acids is 1. The molecule has 0 saturated heterocycles. The zero-order valence-corrected chi connectivity index (χ0v) is 10.4. The van der Waals surface area contributed by atoms with Crippen LogP contribution in [0.2, 0.25) is 0 Å². The largest absolute Gasteiger partial charge is 0.469 e. The summed E-state index contributed by atoms with van der Waals surface area (Å²) in [6, 6.07) is 0. The molecule has 0 bridgehead atoms. The molecule has 84 valence electrons. The lowest BCUT2D eigenvalue weighted by Crippen LogP contribution is -2.43. The molecule has 0 fully saturated rings. The Balaban J connectivity index is 5.07. The van der Waals surface area contributed by atoms with Crippen molar-refractivity contribution in [3.63, 3.8) is 0 Å². The van der Waals surface area contributed by atoms with Crippen molar-refractivity contribution in [1.29, 1.82) is 0 Å². The van der Waals surface area contributed by atoms with E-state index in [2.05, 4.69) is 20.8 Å². The van der Waals surface area contributed by atoms with Crippen LogP contribution in [0.5, 0.6) is 0 Å². The molecule has 0 aliphatic heterocycles. The minimum Gasteiger partial charge on any atom is -0.469 e. The van der Waals surface area contributed by atoms with Gasteiger partial charge in [-0.2, -0.15) is 0 Å². The van der Waals surface area contributed by atoms with Crippen LogP contribution in [0.3, 0.4) is 0 Å². The maximum absolute atomic E-state index is 11.7. The Labute approximate surface area is 88.0 Å². The summed E-state index contributed by atoms with van der Waals surface area (Å²) in [7, 11) is 1.47. The highest BCUT2D eigenvalue weighted by Gasteiger charge is 2.46. The van der Waals surface area contributed by atoms with E-state index in [9.17, 15) is 4.79 Å². The maximum Gasteiger partial charge on any atom is 0.311 e. The average molecular weight is 200 g/mol. The molecule has 0 heterocycles. The van der Waals surface area contributed by atoms with Crippen LogP contribution in [-0.4, -0.2) is 13.1 Å². The molecule has 0 amide bonds. The number of carbonyl (C=O) groups is 1. The zero-order chi connectivity index (χ0) is 11.4. The fraction of sp³-hybridized carbons (Fsp3) is 0.917. The second kappa shape index (κ2) is 4.81. The topological polar surface area (TPSA) is 26.3 Å². The summed E-state index contributed by atoms with van der Waals surface area (Å²) in [4.78, 5) is 11.7. The Morgan fingerprint density at radius 2 is 1.43 bits per heavy atom. The summed E-state index contributed by atoms with van der Waals surface area (Å²) < 4.78 is 4.89. The quantitative estimate of drug-likeness (QED) is 0.636. The van der Waals surface area contributed by atoms with Crippen LogP contribution in [0.1, 0.15) is 53.9 Å². The van der Waals surface area contributed by atoms with E-state index in [4.69, 9.17) is 4.74 Å². The van der Waals surface area contributed by atoms with Gasteiger partial charge in [-0.25, -0.2) is 0 Å². The van der Waals surface area contributed by atoms with Gasteiger partial charge in [0, 0.05) is 0 Å². The number of hydrogen-bond donors (Lipinski definition) is 0. The van der Waals surface area contributed by atoms with E-state index in [1.165, 1.54) is 7.11 Å². The molecule has 0 saturated carbocycles. The third-order valence-electron chi connectivity index (χ3n) is 4.05. The van der Waals surface area contributed by atoms with Crippen molar-refractivity contribution in [3.8, 4) is 0 Å². The molecule has 0 radical (unpaired) electrons. The molecular formula is C12H24O2. The third kappa shape index (κ3) is 1.94. The lowest BCUT2D eigenvalue weighted by atomic mass is 9.61. The van der Waals surface area contributed by atoms with Crippen LogP contribution in [0.15, 0.2) is 0 Å². The normalized spacial score (nSPS) is 12.7. The molecule has 0 aromatic rings. The molecule has 0 aromatic carbocycles. The highest BCUT2D eigenvalue weighted by atomic mass is 16.5. The molecular weight excluding hydrogens is 176 g/mol. The van der Waals surface area contributed by atoms with Gasteiger partial charge in [0.1, 0.15) is 0 Å². The van der Waals surface area contributed by atoms with Crippen LogP contribution in [0.4, 0.5) is 0 Å². The molecule has 0 aromatic heterocycles. The van der Waals surface area contributed by atoms with Crippen molar-refractivity contribution in [2.45, 2.75) is 53.9 Å². The minimum absolute atomic E-state index is 0.0695. The molecule has 2 nitrogen and oxygen atoms in total. The maximum atomic E-state index is 11.7. The van der Waals surface area contributed by atoms with Crippen molar-refractivity contribution in [2.75, 3.05) is 7.11 Å². The summed E-state index contributed by atoms with van der Waals surface area (Å²) in [5.74, 6) is -0.0944. The van der Waals surface area contributed by atoms with E-state index >= 15 is 0 Å². The van der Waals surface area contributed by atoms with Gasteiger partial charge < -0.3 is 4.74 Å². The van der Waals surface area contributed by atoms with E-state index in [1.807, 2.05) is 13.8 Å². The van der Waals surface area contributed by atoms with Gasteiger partial charge in [0.05, 0.1) is 12.5 Å². The number of rotatable bonds is 5. The molecule has 0 atom stereocenters. The number of ether oxygens (including phenoxy) is 1. The fourth-order valence-electron chi connectivity index (χ4n) is 2.55. The van der Waals surface area contributed by atoms with Crippen molar-refractivity contribution in [1.82, 2.24) is 0 Å². The Bertz CT molecular complexity index is 182. The second-order valence-electron chi connectivity index (χ2n) is 4.46. The first-order chi connectivity index (χ1) is 6.41. The summed E-state index contributed by atoms with van der Waals surface area (Å²) >= 11 is 0. The lowest BCUT2D eigenvalue weighted by molar-refractivity contribution is -0.160. The van der Waals surface area contributed by atoms with Gasteiger partial charge in [-0.3, -0.25) is 4.79 Å². The predicted octanol–water partition coefficient (Wildman–Crippen LogP) is 3.40. The molecule has 0 rings (SSSR count). The van der Waals surface area contributed by atoms with E-state index in [-0.39, 0.29) is 16.8 Å². The van der Waals surface area contributed by atoms with Crippen molar-refractivity contribution < 1.29 is 9.53 Å². The summed E-state index contributed by atoms with van der Waals surface area (Å²) in [6.07, 6.45) is 3.05. The van der Waals surface area contributed by atoms with Crippen LogP contribution in [0, 0.1) is 10.8 Å². The van der Waals surface area contributed by atoms with Crippen LogP contribution < -0.4 is 0 Å². The van der Waals surface area contributed by atoms with E-state index in [0.29, 0.717) is 0 Å². The summed E-state index contributed by atoms with van der Waals surface area (Å²) in [6.45, 7) is 10.4. The van der Waals surface area contributed by atoms with E-state index in [1.54, 1.807) is 0 Å². The molecule has 0 unspecified atom stereocenters. The summed E-state index contributed by atoms with van der Waals surface area (Å²) in [5, 5.41) is 0. The highest BCUT2D eigenvalue weighted by molar-refractivity contribution is 5.76. The summed E-state index contributed by atoms with van der Waals surface area (Å²) in [5.41, 5.74) is -0.319. The smallest absolute Gasteiger partial charge is 0.311 e. The molecule has 0 aliphatic rings. The number of methoxy groups -OCH3 is 1. The predicted molar refractivity (Wildman–Crippen MR) is 59.1 cm³/mol. The first-order valence-electron chi connectivity index (χ1n) is 5.50. The SMILES string of the molecule is CCC(CC)(CC)C(C)(C)C(=O)OC. The first kappa shape index (κ1) is 13.5. The lowest BCUT2D eigenvalue weighted by Gasteiger charge is -2.43. The molecule has 14 heavy (non-hydrogen) atoms. The standard InChI is InChI=1S/C12H24O2/c1-7-12(8-2,9-3)11(4,5)10(13)14-6/h7-9H2,1-6H3. The van der Waals surface area contributed by atoms with Crippen molar-refractivity contribution >= 4 is 5.97 Å². The number of esters is 1. The Kier molecular flexibility index (Phi) is 4.63. The molecule has 0 aliphatic carbocycles. The van der Waals surface area contributed by atoms with Gasteiger partial charge in [-0.05, 0) is 38.5 Å². The Morgan fingerprint density at radius 1 is 1.07 bits per heavy atom. The highest BCUT2D eigenvalue weighted by Crippen LogP contribution is 2.47.